The number of halogens is 2. The van der Waals surface area contributed by atoms with Crippen molar-refractivity contribution in [3.63, 3.8) is 0 Å². The van der Waals surface area contributed by atoms with Crippen LogP contribution in [0.4, 0.5) is 8.78 Å². The molecule has 0 atom stereocenters. The first-order chi connectivity index (χ1) is 6.36. The zero-order valence-electron chi connectivity index (χ0n) is 8.69. The van der Waals surface area contributed by atoms with Crippen molar-refractivity contribution >= 4 is 11.8 Å². The molecule has 0 aliphatic carbocycles. The van der Waals surface area contributed by atoms with Crippen LogP contribution in [0.3, 0.4) is 0 Å². The Bertz CT molecular complexity index is 345. The molecule has 0 bridgehead atoms. The van der Waals surface area contributed by atoms with Crippen LogP contribution in [0.5, 0.6) is 0 Å². The lowest BCUT2D eigenvalue weighted by molar-refractivity contribution is 0.475. The molecule has 0 N–H and O–H groups in total. The third-order valence-corrected chi connectivity index (χ3v) is 2.47. The number of thioether (sulfide) groups is 1. The Hall–Kier alpha value is -0.640. The Kier molecular flexibility index (Phi) is 3.14. The largest absolute Gasteiger partial charge is 0.240 e. The van der Waals surface area contributed by atoms with Gasteiger partial charge in [0.25, 0.3) is 0 Å². The molecule has 4 heteroatoms. The van der Waals surface area contributed by atoms with Gasteiger partial charge in [0.05, 0.1) is 5.69 Å². The molecule has 0 aromatic carbocycles. The van der Waals surface area contributed by atoms with Gasteiger partial charge in [-0.1, -0.05) is 20.8 Å². The lowest BCUT2D eigenvalue weighted by Gasteiger charge is -2.19. The summed E-state index contributed by atoms with van der Waals surface area (Å²) in [5.74, 6) is -1.17. The topological polar surface area (TPSA) is 12.9 Å². The molecule has 0 spiro atoms. The Morgan fingerprint density at radius 2 is 1.79 bits per heavy atom. The quantitative estimate of drug-likeness (QED) is 0.669. The maximum Gasteiger partial charge on any atom is 0.158 e. The molecule has 1 rings (SSSR count). The molecule has 1 aromatic rings. The fourth-order valence-corrected chi connectivity index (χ4v) is 1.56. The Morgan fingerprint density at radius 3 is 2.21 bits per heavy atom. The van der Waals surface area contributed by atoms with Crippen molar-refractivity contribution in [2.75, 3.05) is 6.26 Å². The predicted octanol–water partition coefficient (Wildman–Crippen LogP) is 3.38. The van der Waals surface area contributed by atoms with Gasteiger partial charge in [0.2, 0.25) is 0 Å². The average molecular weight is 217 g/mol. The van der Waals surface area contributed by atoms with Crippen molar-refractivity contribution in [2.45, 2.75) is 31.2 Å². The van der Waals surface area contributed by atoms with E-state index in [-0.39, 0.29) is 5.03 Å². The third-order valence-electron chi connectivity index (χ3n) is 1.80. The van der Waals surface area contributed by atoms with Crippen molar-refractivity contribution in [1.29, 1.82) is 0 Å². The molecule has 1 nitrogen and oxygen atoms in total. The minimum atomic E-state index is -0.594. The van der Waals surface area contributed by atoms with E-state index >= 15 is 0 Å². The van der Waals surface area contributed by atoms with Crippen molar-refractivity contribution in [3.8, 4) is 0 Å². The monoisotopic (exact) mass is 217 g/mol. The Balaban J connectivity index is 3.32. The van der Waals surface area contributed by atoms with Gasteiger partial charge in [0.1, 0.15) is 10.8 Å². The first-order valence-electron chi connectivity index (χ1n) is 4.26. The number of hydrogen-bond acceptors (Lipinski definition) is 2. The SMILES string of the molecule is CSc1nc(C(C)(C)C)c(F)cc1F. The van der Waals surface area contributed by atoms with Crippen LogP contribution in [0.2, 0.25) is 0 Å². The molecule has 0 saturated carbocycles. The second kappa shape index (κ2) is 3.85. The number of pyridine rings is 1. The summed E-state index contributed by atoms with van der Waals surface area (Å²) in [6.07, 6.45) is 1.72. The van der Waals surface area contributed by atoms with Gasteiger partial charge < -0.3 is 0 Å². The number of hydrogen-bond donors (Lipinski definition) is 0. The van der Waals surface area contributed by atoms with Gasteiger partial charge in [0.15, 0.2) is 5.82 Å². The summed E-state index contributed by atoms with van der Waals surface area (Å²) in [6, 6.07) is 0.902. The molecule has 0 aliphatic rings. The van der Waals surface area contributed by atoms with E-state index in [9.17, 15) is 8.78 Å². The van der Waals surface area contributed by atoms with E-state index in [1.165, 1.54) is 11.8 Å². The molecule has 0 saturated heterocycles. The van der Waals surface area contributed by atoms with Crippen LogP contribution in [0.15, 0.2) is 11.1 Å². The average Bonchev–Trinajstić information content (AvgIpc) is 2.02. The molecule has 1 aromatic heterocycles. The van der Waals surface area contributed by atoms with Gasteiger partial charge in [-0.25, -0.2) is 13.8 Å². The van der Waals surface area contributed by atoms with Gasteiger partial charge >= 0.3 is 0 Å². The molecule has 78 valence electrons. The standard InChI is InChI=1S/C10H13F2NS/c1-10(2,3)8-6(11)5-7(12)9(13-8)14-4/h5H,1-4H3. The summed E-state index contributed by atoms with van der Waals surface area (Å²) < 4.78 is 26.4. The lowest BCUT2D eigenvalue weighted by atomic mass is 9.91. The van der Waals surface area contributed by atoms with E-state index in [1.807, 2.05) is 20.8 Å². The predicted molar refractivity (Wildman–Crippen MR) is 54.6 cm³/mol. The first kappa shape index (κ1) is 11.4. The van der Waals surface area contributed by atoms with Crippen molar-refractivity contribution in [3.05, 3.63) is 23.4 Å². The highest BCUT2D eigenvalue weighted by Gasteiger charge is 2.22. The van der Waals surface area contributed by atoms with Gasteiger partial charge in [-0.05, 0) is 6.26 Å². The van der Waals surface area contributed by atoms with Crippen molar-refractivity contribution in [1.82, 2.24) is 4.98 Å². The summed E-state index contributed by atoms with van der Waals surface area (Å²) >= 11 is 1.18. The van der Waals surface area contributed by atoms with Crippen LogP contribution in [0.1, 0.15) is 26.5 Å². The summed E-state index contributed by atoms with van der Waals surface area (Å²) in [5, 5.41) is 0.247. The highest BCUT2D eigenvalue weighted by Crippen LogP contribution is 2.27. The molecular formula is C10H13F2NS. The molecular weight excluding hydrogens is 204 g/mol. The molecule has 0 radical (unpaired) electrons. The second-order valence-electron chi connectivity index (χ2n) is 4.06. The Morgan fingerprint density at radius 1 is 1.21 bits per heavy atom. The highest BCUT2D eigenvalue weighted by molar-refractivity contribution is 7.98. The highest BCUT2D eigenvalue weighted by atomic mass is 32.2. The molecule has 0 unspecified atom stereocenters. The fraction of sp³-hybridized carbons (Fsp3) is 0.500. The van der Waals surface area contributed by atoms with Crippen molar-refractivity contribution < 1.29 is 8.78 Å². The summed E-state index contributed by atoms with van der Waals surface area (Å²) in [6.45, 7) is 5.54. The number of nitrogens with zero attached hydrogens (tertiary/aromatic N) is 1. The molecule has 0 aliphatic heterocycles. The van der Waals surface area contributed by atoms with E-state index in [4.69, 9.17) is 0 Å². The minimum absolute atomic E-state index is 0.247. The second-order valence-corrected chi connectivity index (χ2v) is 4.85. The van der Waals surface area contributed by atoms with Crippen LogP contribution in [0, 0.1) is 11.6 Å². The van der Waals surface area contributed by atoms with Gasteiger partial charge in [0, 0.05) is 11.5 Å². The van der Waals surface area contributed by atoms with E-state index in [0.29, 0.717) is 5.69 Å². The number of aromatic nitrogens is 1. The minimum Gasteiger partial charge on any atom is -0.240 e. The van der Waals surface area contributed by atoms with E-state index in [1.54, 1.807) is 6.26 Å². The third kappa shape index (κ3) is 2.23. The lowest BCUT2D eigenvalue weighted by Crippen LogP contribution is -2.17. The fourth-order valence-electron chi connectivity index (χ4n) is 1.12. The maximum atomic E-state index is 13.4. The molecule has 0 amide bonds. The van der Waals surface area contributed by atoms with Gasteiger partial charge in [-0.2, -0.15) is 0 Å². The van der Waals surface area contributed by atoms with Crippen LogP contribution in [-0.2, 0) is 5.41 Å². The molecule has 14 heavy (non-hydrogen) atoms. The Labute approximate surface area is 86.9 Å². The summed E-state index contributed by atoms with van der Waals surface area (Å²) in [5.41, 5.74) is -0.0920. The first-order valence-corrected chi connectivity index (χ1v) is 5.49. The zero-order valence-corrected chi connectivity index (χ0v) is 9.51. The molecule has 1 heterocycles. The van der Waals surface area contributed by atoms with E-state index in [0.717, 1.165) is 6.07 Å². The van der Waals surface area contributed by atoms with Crippen LogP contribution in [0.25, 0.3) is 0 Å². The van der Waals surface area contributed by atoms with Crippen LogP contribution in [-0.4, -0.2) is 11.2 Å². The van der Waals surface area contributed by atoms with Crippen LogP contribution >= 0.6 is 11.8 Å². The number of rotatable bonds is 1. The molecule has 0 fully saturated rings. The maximum absolute atomic E-state index is 13.4. The van der Waals surface area contributed by atoms with Crippen molar-refractivity contribution in [2.24, 2.45) is 0 Å². The zero-order chi connectivity index (χ0) is 10.9. The van der Waals surface area contributed by atoms with E-state index in [2.05, 4.69) is 4.98 Å². The van der Waals surface area contributed by atoms with Crippen LogP contribution < -0.4 is 0 Å². The summed E-state index contributed by atoms with van der Waals surface area (Å²) in [4.78, 5) is 3.97. The normalized spacial score (nSPS) is 11.9. The van der Waals surface area contributed by atoms with Gasteiger partial charge in [-0.3, -0.25) is 0 Å². The van der Waals surface area contributed by atoms with Gasteiger partial charge in [-0.15, -0.1) is 11.8 Å². The smallest absolute Gasteiger partial charge is 0.158 e. The van der Waals surface area contributed by atoms with E-state index < -0.39 is 17.0 Å². The summed E-state index contributed by atoms with van der Waals surface area (Å²) in [7, 11) is 0.